The van der Waals surface area contributed by atoms with E-state index < -0.39 is 0 Å². The van der Waals surface area contributed by atoms with Crippen LogP contribution in [0.2, 0.25) is 0 Å². The van der Waals surface area contributed by atoms with Crippen LogP contribution >= 0.6 is 0 Å². The third-order valence-corrected chi connectivity index (χ3v) is 4.04. The van der Waals surface area contributed by atoms with Gasteiger partial charge in [-0.2, -0.15) is 0 Å². The van der Waals surface area contributed by atoms with E-state index in [0.717, 1.165) is 13.0 Å². The van der Waals surface area contributed by atoms with Gasteiger partial charge in [0.15, 0.2) is 6.61 Å². The van der Waals surface area contributed by atoms with Gasteiger partial charge < -0.3 is 14.8 Å². The van der Waals surface area contributed by atoms with E-state index in [0.29, 0.717) is 12.3 Å². The van der Waals surface area contributed by atoms with Gasteiger partial charge in [0.2, 0.25) is 0 Å². The third-order valence-electron chi connectivity index (χ3n) is 4.04. The molecule has 2 aromatic carbocycles. The molecule has 4 nitrogen and oxygen atoms in total. The summed E-state index contributed by atoms with van der Waals surface area (Å²) in [7, 11) is 0. The number of hydrogen-bond acceptors (Lipinski definition) is 4. The number of rotatable bonds is 5. The Bertz CT molecular complexity index is 615. The molecule has 4 heteroatoms. The van der Waals surface area contributed by atoms with E-state index in [1.165, 1.54) is 5.56 Å². The maximum absolute atomic E-state index is 12.1. The molecule has 0 aliphatic carbocycles. The van der Waals surface area contributed by atoms with Crippen molar-refractivity contribution in [2.75, 3.05) is 19.7 Å². The lowest BCUT2D eigenvalue weighted by Crippen LogP contribution is -2.42. The first-order valence-electron chi connectivity index (χ1n) is 7.96. The Kier molecular flexibility index (Phi) is 5.27. The highest BCUT2D eigenvalue weighted by atomic mass is 16.6. The number of para-hydroxylation sites is 1. The maximum Gasteiger partial charge on any atom is 0.344 e. The van der Waals surface area contributed by atoms with Crippen molar-refractivity contribution in [1.29, 1.82) is 0 Å². The van der Waals surface area contributed by atoms with Crippen LogP contribution in [0.15, 0.2) is 60.7 Å². The van der Waals surface area contributed by atoms with Crippen LogP contribution in [-0.4, -0.2) is 31.8 Å². The summed E-state index contributed by atoms with van der Waals surface area (Å²) in [5.41, 5.74) is 1.22. The van der Waals surface area contributed by atoms with Crippen LogP contribution in [0.4, 0.5) is 0 Å². The van der Waals surface area contributed by atoms with Crippen LogP contribution < -0.4 is 10.1 Å². The first-order valence-corrected chi connectivity index (χ1v) is 7.96. The van der Waals surface area contributed by atoms with E-state index >= 15 is 0 Å². The summed E-state index contributed by atoms with van der Waals surface area (Å²) >= 11 is 0. The summed E-state index contributed by atoms with van der Waals surface area (Å²) in [6, 6.07) is 19.5. The Hall–Kier alpha value is -2.33. The number of carbonyl (C=O) groups excluding carboxylic acids is 1. The number of carbonyl (C=O) groups is 1. The number of benzene rings is 2. The molecular formula is C19H21NO3. The minimum atomic E-state index is -0.330. The average Bonchev–Trinajstić information content (AvgIpc) is 2.62. The van der Waals surface area contributed by atoms with Gasteiger partial charge in [0.25, 0.3) is 0 Å². The van der Waals surface area contributed by atoms with E-state index in [1.54, 1.807) is 0 Å². The van der Waals surface area contributed by atoms with Crippen molar-refractivity contribution >= 4 is 5.97 Å². The van der Waals surface area contributed by atoms with Crippen LogP contribution in [0.5, 0.6) is 5.75 Å². The summed E-state index contributed by atoms with van der Waals surface area (Å²) in [5, 5.41) is 3.30. The molecule has 0 amide bonds. The van der Waals surface area contributed by atoms with Gasteiger partial charge in [-0.1, -0.05) is 48.5 Å². The number of esters is 1. The van der Waals surface area contributed by atoms with E-state index in [9.17, 15) is 4.79 Å². The normalized spacial score (nSPS) is 20.7. The number of piperidine rings is 1. The fourth-order valence-corrected chi connectivity index (χ4v) is 2.90. The van der Waals surface area contributed by atoms with Crippen LogP contribution in [0.25, 0.3) is 0 Å². The first-order chi connectivity index (χ1) is 11.3. The number of nitrogens with one attached hydrogen (secondary N) is 1. The molecular weight excluding hydrogens is 290 g/mol. The highest BCUT2D eigenvalue weighted by Crippen LogP contribution is 2.27. The van der Waals surface area contributed by atoms with Crippen LogP contribution in [0.1, 0.15) is 17.9 Å². The quantitative estimate of drug-likeness (QED) is 0.863. The molecule has 0 unspecified atom stereocenters. The fraction of sp³-hybridized carbons (Fsp3) is 0.316. The Morgan fingerprint density at radius 2 is 1.74 bits per heavy atom. The molecule has 120 valence electrons. The van der Waals surface area contributed by atoms with Gasteiger partial charge in [-0.15, -0.1) is 0 Å². The minimum Gasteiger partial charge on any atom is -0.482 e. The minimum absolute atomic E-state index is 0.0674. The molecule has 1 aliphatic rings. The SMILES string of the molecule is O=C(COc1ccccc1)O[C@H]1CNCC[C@@H]1c1ccccc1. The first kappa shape index (κ1) is 15.6. The van der Waals surface area contributed by atoms with Gasteiger partial charge in [0.05, 0.1) is 0 Å². The summed E-state index contributed by atoms with van der Waals surface area (Å²) < 4.78 is 11.1. The van der Waals surface area contributed by atoms with Crippen molar-refractivity contribution in [2.45, 2.75) is 18.4 Å². The molecule has 2 atom stereocenters. The highest BCUT2D eigenvalue weighted by Gasteiger charge is 2.29. The molecule has 1 N–H and O–H groups in total. The molecule has 3 rings (SSSR count). The highest BCUT2D eigenvalue weighted by molar-refractivity contribution is 5.71. The molecule has 0 aromatic heterocycles. The lowest BCUT2D eigenvalue weighted by atomic mass is 9.88. The zero-order valence-corrected chi connectivity index (χ0v) is 13.0. The summed E-state index contributed by atoms with van der Waals surface area (Å²) in [4.78, 5) is 12.1. The van der Waals surface area contributed by atoms with Crippen LogP contribution in [0.3, 0.4) is 0 Å². The average molecular weight is 311 g/mol. The Balaban J connectivity index is 1.57. The fourth-order valence-electron chi connectivity index (χ4n) is 2.90. The van der Waals surface area contributed by atoms with Crippen LogP contribution in [-0.2, 0) is 9.53 Å². The van der Waals surface area contributed by atoms with Crippen molar-refractivity contribution in [3.63, 3.8) is 0 Å². The third kappa shape index (κ3) is 4.33. The molecule has 1 fully saturated rings. The van der Waals surface area contributed by atoms with Gasteiger partial charge in [0, 0.05) is 12.5 Å². The number of hydrogen-bond donors (Lipinski definition) is 1. The van der Waals surface area contributed by atoms with E-state index in [2.05, 4.69) is 17.4 Å². The van der Waals surface area contributed by atoms with Crippen molar-refractivity contribution in [3.8, 4) is 5.75 Å². The second-order valence-electron chi connectivity index (χ2n) is 5.64. The van der Waals surface area contributed by atoms with Gasteiger partial charge in [-0.05, 0) is 30.7 Å². The Morgan fingerprint density at radius 1 is 1.04 bits per heavy atom. The molecule has 0 spiro atoms. The smallest absolute Gasteiger partial charge is 0.344 e. The lowest BCUT2D eigenvalue weighted by Gasteiger charge is -2.32. The molecule has 2 aromatic rings. The predicted octanol–water partition coefficient (Wildman–Crippen LogP) is 2.75. The Labute approximate surface area is 136 Å². The van der Waals surface area contributed by atoms with E-state index in [4.69, 9.17) is 9.47 Å². The van der Waals surface area contributed by atoms with Crippen molar-refractivity contribution in [1.82, 2.24) is 5.32 Å². The molecule has 0 bridgehead atoms. The largest absolute Gasteiger partial charge is 0.482 e. The van der Waals surface area contributed by atoms with Gasteiger partial charge in [0.1, 0.15) is 11.9 Å². The van der Waals surface area contributed by atoms with Crippen LogP contribution in [0, 0.1) is 0 Å². The zero-order chi connectivity index (χ0) is 15.9. The molecule has 1 heterocycles. The monoisotopic (exact) mass is 311 g/mol. The number of ether oxygens (including phenoxy) is 2. The van der Waals surface area contributed by atoms with Gasteiger partial charge >= 0.3 is 5.97 Å². The molecule has 1 aliphatic heterocycles. The van der Waals surface area contributed by atoms with Gasteiger partial charge in [-0.25, -0.2) is 4.79 Å². The Morgan fingerprint density at radius 3 is 2.48 bits per heavy atom. The topological polar surface area (TPSA) is 47.6 Å². The molecule has 0 saturated carbocycles. The summed E-state index contributed by atoms with van der Waals surface area (Å²) in [6.07, 6.45) is 0.805. The lowest BCUT2D eigenvalue weighted by molar-refractivity contribution is -0.153. The summed E-state index contributed by atoms with van der Waals surface area (Å²) in [6.45, 7) is 1.55. The van der Waals surface area contributed by atoms with Crippen molar-refractivity contribution in [3.05, 3.63) is 66.2 Å². The van der Waals surface area contributed by atoms with Gasteiger partial charge in [-0.3, -0.25) is 0 Å². The van der Waals surface area contributed by atoms with Crippen molar-refractivity contribution in [2.24, 2.45) is 0 Å². The molecule has 0 radical (unpaired) electrons. The van der Waals surface area contributed by atoms with E-state index in [1.807, 2.05) is 48.5 Å². The second-order valence-corrected chi connectivity index (χ2v) is 5.64. The summed E-state index contributed by atoms with van der Waals surface area (Å²) in [5.74, 6) is 0.576. The zero-order valence-electron chi connectivity index (χ0n) is 13.0. The van der Waals surface area contributed by atoms with E-state index in [-0.39, 0.29) is 24.6 Å². The van der Waals surface area contributed by atoms with Crippen molar-refractivity contribution < 1.29 is 14.3 Å². The maximum atomic E-state index is 12.1. The predicted molar refractivity (Wildman–Crippen MR) is 88.5 cm³/mol. The standard InChI is InChI=1S/C19H21NO3/c21-19(14-22-16-9-5-2-6-10-16)23-18-13-20-12-11-17(18)15-7-3-1-4-8-15/h1-10,17-18,20H,11-14H2/t17-,18+/m1/s1. The molecule has 23 heavy (non-hydrogen) atoms. The second kappa shape index (κ2) is 7.79. The molecule has 1 saturated heterocycles.